The molecule has 1 aromatic carbocycles. The van der Waals surface area contributed by atoms with Crippen LogP contribution >= 0.6 is 23.2 Å². The maximum absolute atomic E-state index is 6.36. The Labute approximate surface area is 190 Å². The van der Waals surface area contributed by atoms with Crippen LogP contribution < -0.4 is 10.6 Å². The van der Waals surface area contributed by atoms with Crippen LogP contribution in [0.1, 0.15) is 19.8 Å². The molecule has 0 amide bonds. The fourth-order valence-electron chi connectivity index (χ4n) is 4.04. The van der Waals surface area contributed by atoms with Crippen molar-refractivity contribution in [1.29, 1.82) is 0 Å². The van der Waals surface area contributed by atoms with Gasteiger partial charge in [0, 0.05) is 49.0 Å². The normalized spacial score (nSPS) is 16.1. The van der Waals surface area contributed by atoms with Crippen LogP contribution in [0.15, 0.2) is 55.1 Å². The molecule has 1 saturated heterocycles. The molecule has 0 spiro atoms. The van der Waals surface area contributed by atoms with Gasteiger partial charge in [0.1, 0.15) is 5.65 Å². The standard InChI is InChI=1S/C23H22Cl2N6/c1-23(26)6-11-30(12-7-23)22-29-20(15-4-8-27-9-5-15)19(21-28-10-13-31(21)22)16-2-3-17(24)18(25)14-16/h2-5,8-10,13-14H,6-7,11-12,26H2,1H3. The van der Waals surface area contributed by atoms with Crippen molar-refractivity contribution in [2.45, 2.75) is 25.3 Å². The summed E-state index contributed by atoms with van der Waals surface area (Å²) in [6.07, 6.45) is 9.10. The van der Waals surface area contributed by atoms with Crippen LogP contribution in [-0.4, -0.2) is 38.0 Å². The molecule has 1 aliphatic rings. The number of hydrogen-bond acceptors (Lipinski definition) is 5. The molecule has 4 aromatic rings. The van der Waals surface area contributed by atoms with Crippen molar-refractivity contribution in [2.75, 3.05) is 18.0 Å². The van der Waals surface area contributed by atoms with Crippen molar-refractivity contribution in [3.8, 4) is 22.4 Å². The maximum Gasteiger partial charge on any atom is 0.211 e. The lowest BCUT2D eigenvalue weighted by Crippen LogP contribution is -2.48. The Hall–Kier alpha value is -2.67. The number of halogens is 2. The second kappa shape index (κ2) is 7.79. The summed E-state index contributed by atoms with van der Waals surface area (Å²) >= 11 is 12.5. The summed E-state index contributed by atoms with van der Waals surface area (Å²) in [7, 11) is 0. The van der Waals surface area contributed by atoms with E-state index in [9.17, 15) is 0 Å². The highest BCUT2D eigenvalue weighted by Gasteiger charge is 2.29. The number of nitrogens with two attached hydrogens (primary N) is 1. The highest BCUT2D eigenvalue weighted by atomic mass is 35.5. The lowest BCUT2D eigenvalue weighted by atomic mass is 9.91. The molecule has 1 aliphatic heterocycles. The number of benzene rings is 1. The van der Waals surface area contributed by atoms with E-state index in [1.165, 1.54) is 0 Å². The van der Waals surface area contributed by atoms with E-state index >= 15 is 0 Å². The van der Waals surface area contributed by atoms with Crippen LogP contribution in [0.4, 0.5) is 5.95 Å². The molecule has 0 radical (unpaired) electrons. The topological polar surface area (TPSA) is 72.3 Å². The van der Waals surface area contributed by atoms with Gasteiger partial charge in [0.25, 0.3) is 0 Å². The molecule has 6 nitrogen and oxygen atoms in total. The smallest absolute Gasteiger partial charge is 0.211 e. The first kappa shape index (κ1) is 20.2. The van der Waals surface area contributed by atoms with Crippen LogP contribution in [0, 0.1) is 0 Å². The third-order valence-corrected chi connectivity index (χ3v) is 6.62. The van der Waals surface area contributed by atoms with Gasteiger partial charge in [-0.25, -0.2) is 9.97 Å². The first-order chi connectivity index (χ1) is 14.9. The van der Waals surface area contributed by atoms with Gasteiger partial charge in [0.05, 0.1) is 21.3 Å². The molecule has 0 atom stereocenters. The fourth-order valence-corrected chi connectivity index (χ4v) is 4.34. The molecule has 4 heterocycles. The summed E-state index contributed by atoms with van der Waals surface area (Å²) in [6.45, 7) is 3.80. The maximum atomic E-state index is 6.36. The van der Waals surface area contributed by atoms with Gasteiger partial charge in [0.15, 0.2) is 0 Å². The van der Waals surface area contributed by atoms with E-state index in [4.69, 9.17) is 38.9 Å². The Kier molecular flexibility index (Phi) is 5.08. The van der Waals surface area contributed by atoms with Gasteiger partial charge >= 0.3 is 0 Å². The highest BCUT2D eigenvalue weighted by Crippen LogP contribution is 2.38. The van der Waals surface area contributed by atoms with E-state index in [2.05, 4.69) is 16.8 Å². The Morgan fingerprint density at radius 1 is 0.968 bits per heavy atom. The number of anilines is 1. The summed E-state index contributed by atoms with van der Waals surface area (Å²) in [5.74, 6) is 0.860. The Bertz CT molecular complexity index is 1240. The van der Waals surface area contributed by atoms with Crippen molar-refractivity contribution in [3.05, 3.63) is 65.2 Å². The molecule has 1 fully saturated rings. The number of aromatic nitrogens is 4. The van der Waals surface area contributed by atoms with E-state index < -0.39 is 0 Å². The SMILES string of the molecule is CC1(N)CCN(c2nc(-c3ccncc3)c(-c3ccc(Cl)c(Cl)c3)c3nccn23)CC1. The Balaban J connectivity index is 1.75. The number of pyridine rings is 1. The monoisotopic (exact) mass is 452 g/mol. The van der Waals surface area contributed by atoms with Crippen LogP contribution in [-0.2, 0) is 0 Å². The molecule has 0 aliphatic carbocycles. The molecule has 0 unspecified atom stereocenters. The number of piperidine rings is 1. The minimum Gasteiger partial charge on any atom is -0.342 e. The largest absolute Gasteiger partial charge is 0.342 e. The van der Waals surface area contributed by atoms with E-state index in [0.29, 0.717) is 10.0 Å². The second-order valence-electron chi connectivity index (χ2n) is 8.26. The number of rotatable bonds is 3. The summed E-state index contributed by atoms with van der Waals surface area (Å²) in [6, 6.07) is 9.53. The van der Waals surface area contributed by atoms with Crippen molar-refractivity contribution in [1.82, 2.24) is 19.4 Å². The minimum absolute atomic E-state index is 0.140. The van der Waals surface area contributed by atoms with Crippen molar-refractivity contribution in [3.63, 3.8) is 0 Å². The summed E-state index contributed by atoms with van der Waals surface area (Å²) in [5.41, 5.74) is 10.6. The molecule has 0 bridgehead atoms. The number of hydrogen-bond donors (Lipinski definition) is 1. The quantitative estimate of drug-likeness (QED) is 0.468. The molecular weight excluding hydrogens is 431 g/mol. The van der Waals surface area contributed by atoms with E-state index in [-0.39, 0.29) is 5.54 Å². The van der Waals surface area contributed by atoms with Gasteiger partial charge in [-0.2, -0.15) is 0 Å². The van der Waals surface area contributed by atoms with Crippen LogP contribution in [0.3, 0.4) is 0 Å². The van der Waals surface area contributed by atoms with Gasteiger partial charge in [0.2, 0.25) is 5.95 Å². The first-order valence-electron chi connectivity index (χ1n) is 10.2. The van der Waals surface area contributed by atoms with E-state index in [0.717, 1.165) is 59.9 Å². The van der Waals surface area contributed by atoms with Gasteiger partial charge in [-0.15, -0.1) is 0 Å². The molecule has 158 valence electrons. The summed E-state index contributed by atoms with van der Waals surface area (Å²) in [5, 5.41) is 1.00. The van der Waals surface area contributed by atoms with Crippen molar-refractivity contribution >= 4 is 34.8 Å². The first-order valence-corrected chi connectivity index (χ1v) is 11.0. The zero-order valence-electron chi connectivity index (χ0n) is 17.1. The van der Waals surface area contributed by atoms with E-state index in [1.807, 2.05) is 34.9 Å². The Morgan fingerprint density at radius 2 is 1.71 bits per heavy atom. The third-order valence-electron chi connectivity index (χ3n) is 5.88. The second-order valence-corrected chi connectivity index (χ2v) is 9.08. The molecule has 8 heteroatoms. The summed E-state index contributed by atoms with van der Waals surface area (Å²) in [4.78, 5) is 16.3. The number of imidazole rings is 1. The number of fused-ring (bicyclic) bond motifs is 1. The zero-order chi connectivity index (χ0) is 21.6. The van der Waals surface area contributed by atoms with Gasteiger partial charge in [-0.1, -0.05) is 29.3 Å². The van der Waals surface area contributed by atoms with Crippen molar-refractivity contribution in [2.24, 2.45) is 5.73 Å². The van der Waals surface area contributed by atoms with Crippen LogP contribution in [0.5, 0.6) is 0 Å². The molecule has 5 rings (SSSR count). The van der Waals surface area contributed by atoms with Gasteiger partial charge in [-0.05, 0) is 49.6 Å². The lowest BCUT2D eigenvalue weighted by molar-refractivity contribution is 0.361. The Morgan fingerprint density at radius 3 is 2.42 bits per heavy atom. The predicted molar refractivity (Wildman–Crippen MR) is 126 cm³/mol. The third kappa shape index (κ3) is 3.76. The number of nitrogens with zero attached hydrogens (tertiary/aromatic N) is 5. The van der Waals surface area contributed by atoms with E-state index in [1.54, 1.807) is 24.7 Å². The predicted octanol–water partition coefficient (Wildman–Crippen LogP) is 5.08. The average Bonchev–Trinajstić information content (AvgIpc) is 3.25. The van der Waals surface area contributed by atoms with Crippen LogP contribution in [0.25, 0.3) is 28.0 Å². The van der Waals surface area contributed by atoms with Gasteiger partial charge < -0.3 is 10.6 Å². The zero-order valence-corrected chi connectivity index (χ0v) is 18.6. The highest BCUT2D eigenvalue weighted by molar-refractivity contribution is 6.42. The molecule has 3 aromatic heterocycles. The fraction of sp³-hybridized carbons (Fsp3) is 0.261. The van der Waals surface area contributed by atoms with Crippen LogP contribution in [0.2, 0.25) is 10.0 Å². The molecule has 2 N–H and O–H groups in total. The molecular formula is C23H22Cl2N6. The van der Waals surface area contributed by atoms with Crippen molar-refractivity contribution < 1.29 is 0 Å². The molecule has 31 heavy (non-hydrogen) atoms. The average molecular weight is 453 g/mol. The molecule has 0 saturated carbocycles. The minimum atomic E-state index is -0.140. The summed E-state index contributed by atoms with van der Waals surface area (Å²) < 4.78 is 2.04. The lowest BCUT2D eigenvalue weighted by Gasteiger charge is -2.37. The van der Waals surface area contributed by atoms with Gasteiger partial charge in [-0.3, -0.25) is 9.38 Å².